The fraction of sp³-hybridized carbons (Fsp3) is 0.556. The van der Waals surface area contributed by atoms with Crippen molar-refractivity contribution >= 4 is 23.6 Å². The van der Waals surface area contributed by atoms with E-state index >= 15 is 0 Å². The van der Waals surface area contributed by atoms with Gasteiger partial charge in [0.05, 0.1) is 5.41 Å². The summed E-state index contributed by atoms with van der Waals surface area (Å²) in [7, 11) is 0. The Kier molecular flexibility index (Phi) is 6.10. The lowest BCUT2D eigenvalue weighted by atomic mass is 9.80. The van der Waals surface area contributed by atoms with Crippen LogP contribution in [-0.2, 0) is 4.79 Å². The molecule has 1 aromatic carbocycles. The molecule has 0 spiro atoms. The van der Waals surface area contributed by atoms with E-state index in [2.05, 4.69) is 5.32 Å². The minimum absolute atomic E-state index is 0.0153. The Morgan fingerprint density at radius 2 is 2.04 bits per heavy atom. The molecule has 0 aliphatic carbocycles. The molecule has 0 saturated carbocycles. The third-order valence-corrected chi connectivity index (χ3v) is 5.18. The lowest BCUT2D eigenvalue weighted by Gasteiger charge is -2.40. The van der Waals surface area contributed by atoms with Gasteiger partial charge in [0.1, 0.15) is 0 Å². The largest absolute Gasteiger partial charge is 0.352 e. The normalized spacial score (nSPS) is 22.5. The van der Waals surface area contributed by atoms with Crippen LogP contribution >= 0.6 is 11.8 Å². The summed E-state index contributed by atoms with van der Waals surface area (Å²) in [5.74, 6) is 0.972. The van der Waals surface area contributed by atoms with Crippen LogP contribution in [0.15, 0.2) is 30.3 Å². The summed E-state index contributed by atoms with van der Waals surface area (Å²) in [5, 5.41) is 3.09. The maximum atomic E-state index is 12.7. The van der Waals surface area contributed by atoms with Gasteiger partial charge in [-0.2, -0.15) is 11.8 Å². The van der Waals surface area contributed by atoms with Crippen molar-refractivity contribution in [3.05, 3.63) is 35.9 Å². The quantitative estimate of drug-likeness (QED) is 0.901. The summed E-state index contributed by atoms with van der Waals surface area (Å²) in [5.41, 5.74) is 0.183. The average molecular weight is 334 g/mol. The Bertz CT molecular complexity index is 549. The van der Waals surface area contributed by atoms with E-state index in [4.69, 9.17) is 0 Å². The van der Waals surface area contributed by atoms with Crippen LogP contribution in [0.2, 0.25) is 0 Å². The van der Waals surface area contributed by atoms with Crippen LogP contribution in [0.25, 0.3) is 0 Å². The summed E-state index contributed by atoms with van der Waals surface area (Å²) in [6.45, 7) is 5.20. The zero-order valence-electron chi connectivity index (χ0n) is 14.2. The number of piperidine rings is 1. The number of carbonyl (C=O) groups excluding carboxylic acids is 2. The number of nitrogens with one attached hydrogen (secondary N) is 1. The molecule has 1 aliphatic rings. The first kappa shape index (κ1) is 17.9. The maximum Gasteiger partial charge on any atom is 0.253 e. The molecular formula is C18H26N2O2S. The number of benzene rings is 1. The van der Waals surface area contributed by atoms with Crippen molar-refractivity contribution in [3.63, 3.8) is 0 Å². The van der Waals surface area contributed by atoms with Crippen LogP contribution in [0.4, 0.5) is 0 Å². The minimum Gasteiger partial charge on any atom is -0.352 e. The molecule has 2 atom stereocenters. The number of likely N-dealkylation sites (tertiary alicyclic amines) is 1. The van der Waals surface area contributed by atoms with Crippen LogP contribution in [0.3, 0.4) is 0 Å². The van der Waals surface area contributed by atoms with E-state index < -0.39 is 5.41 Å². The van der Waals surface area contributed by atoms with Crippen LogP contribution in [0.1, 0.15) is 37.0 Å². The lowest BCUT2D eigenvalue weighted by Crippen LogP contribution is -2.53. The molecule has 1 fully saturated rings. The van der Waals surface area contributed by atoms with Gasteiger partial charge in [-0.3, -0.25) is 9.59 Å². The highest BCUT2D eigenvalue weighted by molar-refractivity contribution is 7.98. The average Bonchev–Trinajstić information content (AvgIpc) is 2.55. The summed E-state index contributed by atoms with van der Waals surface area (Å²) in [6, 6.07) is 9.44. The van der Waals surface area contributed by atoms with Gasteiger partial charge in [0.15, 0.2) is 0 Å². The number of carbonyl (C=O) groups is 2. The minimum atomic E-state index is -0.505. The predicted molar refractivity (Wildman–Crippen MR) is 95.7 cm³/mol. The van der Waals surface area contributed by atoms with Gasteiger partial charge >= 0.3 is 0 Å². The van der Waals surface area contributed by atoms with Crippen LogP contribution in [-0.4, -0.2) is 47.9 Å². The number of hydrogen-bond acceptors (Lipinski definition) is 3. The molecule has 1 saturated heterocycles. The Morgan fingerprint density at radius 3 is 2.70 bits per heavy atom. The van der Waals surface area contributed by atoms with E-state index in [1.807, 2.05) is 55.3 Å². The predicted octanol–water partition coefficient (Wildman–Crippen LogP) is 2.80. The topological polar surface area (TPSA) is 49.4 Å². The first-order chi connectivity index (χ1) is 11.0. The molecular weight excluding hydrogens is 308 g/mol. The second-order valence-electron chi connectivity index (χ2n) is 6.59. The van der Waals surface area contributed by atoms with Crippen LogP contribution < -0.4 is 5.32 Å². The van der Waals surface area contributed by atoms with Crippen molar-refractivity contribution in [2.45, 2.75) is 32.7 Å². The number of amides is 2. The second kappa shape index (κ2) is 7.86. The fourth-order valence-electron chi connectivity index (χ4n) is 3.05. The van der Waals surface area contributed by atoms with Crippen LogP contribution in [0, 0.1) is 5.41 Å². The van der Waals surface area contributed by atoms with Crippen molar-refractivity contribution in [1.29, 1.82) is 0 Å². The van der Waals surface area contributed by atoms with Gasteiger partial charge in [-0.05, 0) is 45.1 Å². The molecule has 1 aromatic rings. The molecule has 1 heterocycles. The van der Waals surface area contributed by atoms with Crippen molar-refractivity contribution in [1.82, 2.24) is 10.2 Å². The highest BCUT2D eigenvalue weighted by Gasteiger charge is 2.39. The van der Waals surface area contributed by atoms with Gasteiger partial charge in [-0.15, -0.1) is 0 Å². The van der Waals surface area contributed by atoms with Gasteiger partial charge in [0.2, 0.25) is 5.91 Å². The summed E-state index contributed by atoms with van der Waals surface area (Å²) < 4.78 is 0. The highest BCUT2D eigenvalue weighted by atomic mass is 32.2. The van der Waals surface area contributed by atoms with E-state index in [1.165, 1.54) is 0 Å². The Balaban J connectivity index is 2.04. The van der Waals surface area contributed by atoms with Gasteiger partial charge in [-0.25, -0.2) is 0 Å². The molecule has 23 heavy (non-hydrogen) atoms. The van der Waals surface area contributed by atoms with Crippen molar-refractivity contribution < 1.29 is 9.59 Å². The molecule has 2 amide bonds. The molecule has 1 N–H and O–H groups in total. The SMILES string of the molecule is CSCC(C)NC(=O)C1(C)CCCN(C(=O)c2ccccc2)C1. The number of hydrogen-bond donors (Lipinski definition) is 1. The van der Waals surface area contributed by atoms with E-state index in [9.17, 15) is 9.59 Å². The second-order valence-corrected chi connectivity index (χ2v) is 7.50. The number of thioether (sulfide) groups is 1. The first-order valence-electron chi connectivity index (χ1n) is 8.10. The van der Waals surface area contributed by atoms with E-state index in [0.29, 0.717) is 12.1 Å². The van der Waals surface area contributed by atoms with E-state index in [-0.39, 0.29) is 17.9 Å². The summed E-state index contributed by atoms with van der Waals surface area (Å²) in [4.78, 5) is 27.1. The highest BCUT2D eigenvalue weighted by Crippen LogP contribution is 2.30. The Hall–Kier alpha value is -1.49. The third-order valence-electron chi connectivity index (χ3n) is 4.35. The summed E-state index contributed by atoms with van der Waals surface area (Å²) >= 11 is 1.72. The first-order valence-corrected chi connectivity index (χ1v) is 9.50. The standard InChI is InChI=1S/C18H26N2O2S/c1-14(12-23-3)19-17(22)18(2)10-7-11-20(13-18)16(21)15-8-5-4-6-9-15/h4-6,8-9,14H,7,10-13H2,1-3H3,(H,19,22). The monoisotopic (exact) mass is 334 g/mol. The van der Waals surface area contributed by atoms with Gasteiger partial charge in [0, 0.05) is 30.4 Å². The molecule has 1 aliphatic heterocycles. The molecule has 2 rings (SSSR count). The molecule has 4 nitrogen and oxygen atoms in total. The van der Waals surface area contributed by atoms with Crippen molar-refractivity contribution in [3.8, 4) is 0 Å². The van der Waals surface area contributed by atoms with Crippen molar-refractivity contribution in [2.75, 3.05) is 25.1 Å². The van der Waals surface area contributed by atoms with Gasteiger partial charge in [0.25, 0.3) is 5.91 Å². The van der Waals surface area contributed by atoms with Crippen LogP contribution in [0.5, 0.6) is 0 Å². The lowest BCUT2D eigenvalue weighted by molar-refractivity contribution is -0.133. The molecule has 2 unspecified atom stereocenters. The molecule has 0 bridgehead atoms. The number of rotatable bonds is 5. The molecule has 5 heteroatoms. The smallest absolute Gasteiger partial charge is 0.253 e. The third kappa shape index (κ3) is 4.50. The molecule has 0 aromatic heterocycles. The molecule has 0 radical (unpaired) electrons. The Labute approximate surface area is 143 Å². The maximum absolute atomic E-state index is 12.7. The van der Waals surface area contributed by atoms with E-state index in [1.54, 1.807) is 11.8 Å². The summed E-state index contributed by atoms with van der Waals surface area (Å²) in [6.07, 6.45) is 3.72. The molecule has 126 valence electrons. The van der Waals surface area contributed by atoms with Gasteiger partial charge in [-0.1, -0.05) is 18.2 Å². The fourth-order valence-corrected chi connectivity index (χ4v) is 3.63. The van der Waals surface area contributed by atoms with Crippen molar-refractivity contribution in [2.24, 2.45) is 5.41 Å². The number of nitrogens with zero attached hydrogens (tertiary/aromatic N) is 1. The van der Waals surface area contributed by atoms with E-state index in [0.717, 1.165) is 25.1 Å². The Morgan fingerprint density at radius 1 is 1.35 bits per heavy atom. The van der Waals surface area contributed by atoms with Gasteiger partial charge < -0.3 is 10.2 Å². The zero-order chi connectivity index (χ0) is 16.9. The zero-order valence-corrected chi connectivity index (χ0v) is 15.0.